The summed E-state index contributed by atoms with van der Waals surface area (Å²) in [6, 6.07) is 0. The van der Waals surface area contributed by atoms with Crippen LogP contribution in [0, 0.1) is 0 Å². The minimum absolute atomic E-state index is 0.301. The van der Waals surface area contributed by atoms with Gasteiger partial charge in [0.15, 0.2) is 0 Å². The molecule has 0 saturated carbocycles. The van der Waals surface area contributed by atoms with E-state index in [9.17, 15) is 8.47 Å². The van der Waals surface area contributed by atoms with Gasteiger partial charge in [0.05, 0.1) is 0 Å². The van der Waals surface area contributed by atoms with Gasteiger partial charge in [-0.15, -0.1) is 0 Å². The van der Waals surface area contributed by atoms with Gasteiger partial charge in [0.25, 0.3) is 0 Å². The average molecular weight is 350 g/mol. The van der Waals surface area contributed by atoms with Crippen LogP contribution in [0.25, 0.3) is 0 Å². The van der Waals surface area contributed by atoms with E-state index in [0.29, 0.717) is 6.42 Å². The molecule has 0 heterocycles. The second-order valence-electron chi connectivity index (χ2n) is 6.24. The van der Waals surface area contributed by atoms with Gasteiger partial charge in [0.1, 0.15) is 0 Å². The molecule has 0 rings (SSSR count). The molecule has 0 aliphatic rings. The zero-order valence-corrected chi connectivity index (χ0v) is 15.9. The fourth-order valence-electron chi connectivity index (χ4n) is 2.73. The van der Waals surface area contributed by atoms with Crippen LogP contribution in [0.3, 0.4) is 0 Å². The predicted octanol–water partition coefficient (Wildman–Crippen LogP) is 6.13. The van der Waals surface area contributed by atoms with E-state index in [-0.39, 0.29) is 5.97 Å². The zero-order chi connectivity index (χ0) is 16.3. The molecule has 3 nitrogen and oxygen atoms in total. The molecule has 0 atom stereocenters. The molecular weight excluding hydrogens is 315 g/mol. The first-order chi connectivity index (χ1) is 10.8. The van der Waals surface area contributed by atoms with E-state index in [1.807, 2.05) is 0 Å². The Morgan fingerprint density at radius 3 is 1.41 bits per heavy atom. The first-order valence-electron chi connectivity index (χ1n) is 9.33. The van der Waals surface area contributed by atoms with E-state index in [0.717, 1.165) is 12.8 Å². The third kappa shape index (κ3) is 17.9. The molecule has 0 spiro atoms. The summed E-state index contributed by atoms with van der Waals surface area (Å²) in [5.74, 6) is -0.301. The van der Waals surface area contributed by atoms with Crippen molar-refractivity contribution in [3.05, 3.63) is 0 Å². The molecule has 22 heavy (non-hydrogen) atoms. The molecule has 0 N–H and O–H groups in total. The molecule has 0 saturated heterocycles. The summed E-state index contributed by atoms with van der Waals surface area (Å²) >= 11 is -1.45. The van der Waals surface area contributed by atoms with E-state index in [2.05, 4.69) is 10.6 Å². The fourth-order valence-corrected chi connectivity index (χ4v) is 3.00. The molecule has 0 aliphatic heterocycles. The topological polar surface area (TPSA) is 43.4 Å². The van der Waals surface area contributed by atoms with Crippen LogP contribution >= 0.6 is 0 Å². The van der Waals surface area contributed by atoms with Gasteiger partial charge in [-0.05, 0) is 0 Å². The Morgan fingerprint density at radius 1 is 0.682 bits per heavy atom. The summed E-state index contributed by atoms with van der Waals surface area (Å²) in [5, 5.41) is 0. The molecule has 0 bridgehead atoms. The van der Waals surface area contributed by atoms with Crippen molar-refractivity contribution >= 4 is 5.97 Å². The Bertz CT molecular complexity index is 257. The Balaban J connectivity index is 3.02. The fraction of sp³-hybridized carbons (Fsp3) is 0.944. The summed E-state index contributed by atoms with van der Waals surface area (Å²) in [4.78, 5) is 11.0. The van der Waals surface area contributed by atoms with Crippen LogP contribution < -0.4 is 0 Å². The van der Waals surface area contributed by atoms with E-state index < -0.39 is 16.6 Å². The maximum atomic E-state index is 11.0. The van der Waals surface area contributed by atoms with Crippen LogP contribution in [-0.4, -0.2) is 5.97 Å². The van der Waals surface area contributed by atoms with E-state index in [1.54, 1.807) is 0 Å². The minimum atomic E-state index is -1.45. The number of rotatable bonds is 17. The Morgan fingerprint density at radius 2 is 1.05 bits per heavy atom. The van der Waals surface area contributed by atoms with Crippen LogP contribution in [0.4, 0.5) is 0 Å². The maximum absolute atomic E-state index is 11.0. The predicted molar refractivity (Wildman–Crippen MR) is 86.3 cm³/mol. The van der Waals surface area contributed by atoms with Gasteiger partial charge in [-0.1, -0.05) is 45.4 Å². The van der Waals surface area contributed by atoms with Crippen molar-refractivity contribution in [1.82, 2.24) is 0 Å². The molecule has 0 aliphatic carbocycles. The summed E-state index contributed by atoms with van der Waals surface area (Å²) in [6.07, 6.45) is 20.2. The number of unbranched alkanes of at least 4 members (excludes halogenated alkanes) is 14. The molecule has 0 aromatic heterocycles. The van der Waals surface area contributed by atoms with Gasteiger partial charge in [-0.2, -0.15) is 0 Å². The monoisotopic (exact) mass is 350 g/mol. The van der Waals surface area contributed by atoms with Crippen molar-refractivity contribution in [2.24, 2.45) is 0 Å². The first kappa shape index (κ1) is 21.9. The summed E-state index contributed by atoms with van der Waals surface area (Å²) < 4.78 is 14.6. The summed E-state index contributed by atoms with van der Waals surface area (Å²) in [6.45, 7) is 2.27. The average Bonchev–Trinajstić information content (AvgIpc) is 2.51. The van der Waals surface area contributed by atoms with E-state index in [1.165, 1.54) is 83.5 Å². The van der Waals surface area contributed by atoms with Crippen LogP contribution in [0.5, 0.6) is 0 Å². The van der Waals surface area contributed by atoms with Crippen molar-refractivity contribution < 1.29 is 28.7 Å². The second-order valence-corrected chi connectivity index (χ2v) is 6.76. The van der Waals surface area contributed by atoms with Crippen molar-refractivity contribution in [2.75, 3.05) is 0 Å². The molecule has 0 aromatic rings. The second kappa shape index (κ2) is 18.9. The zero-order valence-electron chi connectivity index (χ0n) is 14.5. The van der Waals surface area contributed by atoms with Crippen LogP contribution in [0.1, 0.15) is 110 Å². The molecule has 0 aromatic carbocycles. The van der Waals surface area contributed by atoms with Gasteiger partial charge in [-0.25, -0.2) is 0 Å². The molecule has 0 fully saturated rings. The third-order valence-corrected chi connectivity index (χ3v) is 4.56. The summed E-state index contributed by atoms with van der Waals surface area (Å²) in [7, 11) is 0. The Kier molecular flexibility index (Phi) is 18.8. The number of carbonyl (C=O) groups is 1. The standard InChI is InChI=1S/C18H36O2.O.V/c1-2-3-4-5-6-7-8-9-10-11-12-13-14-15-16-17-18(19)20;;/h2-17H2,1H3,(H,19,20);;/q;;+1/p-1. The molecule has 0 unspecified atom stereocenters. The number of hydrogen-bond donors (Lipinski definition) is 0. The number of hydrogen-bond acceptors (Lipinski definition) is 3. The molecule has 0 radical (unpaired) electrons. The van der Waals surface area contributed by atoms with Crippen LogP contribution in [0.2, 0.25) is 0 Å². The van der Waals surface area contributed by atoms with Crippen molar-refractivity contribution in [3.8, 4) is 0 Å². The van der Waals surface area contributed by atoms with Gasteiger partial charge >= 0.3 is 98.9 Å². The SMILES string of the molecule is CCCCCCCCCCCCCCCCCC(=O)[O][V]=[O]. The molecule has 4 heteroatoms. The quantitative estimate of drug-likeness (QED) is 0.296. The van der Waals surface area contributed by atoms with E-state index in [4.69, 9.17) is 0 Å². The van der Waals surface area contributed by atoms with Gasteiger partial charge in [0.2, 0.25) is 0 Å². The first-order valence-corrected chi connectivity index (χ1v) is 10.5. The van der Waals surface area contributed by atoms with Crippen molar-refractivity contribution in [2.45, 2.75) is 110 Å². The number of carbonyl (C=O) groups excluding carboxylic acids is 1. The van der Waals surface area contributed by atoms with Crippen LogP contribution in [-0.2, 0) is 28.7 Å². The molecule has 0 amide bonds. The molecule has 130 valence electrons. The third-order valence-electron chi connectivity index (χ3n) is 4.12. The normalized spacial score (nSPS) is 10.6. The Labute approximate surface area is 144 Å². The van der Waals surface area contributed by atoms with Gasteiger partial charge in [0, 0.05) is 0 Å². The Hall–Kier alpha value is -0.146. The molecular formula is C18H35O3V. The van der Waals surface area contributed by atoms with Crippen molar-refractivity contribution in [1.29, 1.82) is 0 Å². The van der Waals surface area contributed by atoms with Gasteiger partial charge < -0.3 is 0 Å². The van der Waals surface area contributed by atoms with E-state index >= 15 is 0 Å². The van der Waals surface area contributed by atoms with Crippen LogP contribution in [0.15, 0.2) is 0 Å². The summed E-state index contributed by atoms with van der Waals surface area (Å²) in [5.41, 5.74) is 0. The van der Waals surface area contributed by atoms with Crippen molar-refractivity contribution in [3.63, 3.8) is 0 Å². The van der Waals surface area contributed by atoms with Gasteiger partial charge in [-0.3, -0.25) is 0 Å².